The number of hydrogen-bond donors (Lipinski definition) is 0. The lowest BCUT2D eigenvalue weighted by Crippen LogP contribution is -2.17. The molecule has 2 heteroatoms. The maximum Gasteiger partial charge on any atom is 0.119 e. The summed E-state index contributed by atoms with van der Waals surface area (Å²) in [4.78, 5) is 0. The van der Waals surface area contributed by atoms with E-state index in [9.17, 15) is 0 Å². The summed E-state index contributed by atoms with van der Waals surface area (Å²) in [5, 5.41) is 0.790. The van der Waals surface area contributed by atoms with E-state index >= 15 is 0 Å². The van der Waals surface area contributed by atoms with Crippen molar-refractivity contribution in [3.05, 3.63) is 29.8 Å². The maximum atomic E-state index is 6.07. The third-order valence-corrected chi connectivity index (χ3v) is 7.33. The Labute approximate surface area is 159 Å². The summed E-state index contributed by atoms with van der Waals surface area (Å²) in [7, 11) is 0. The zero-order chi connectivity index (χ0) is 17.5. The Morgan fingerprint density at radius 1 is 0.920 bits per heavy atom. The summed E-state index contributed by atoms with van der Waals surface area (Å²) in [5.41, 5.74) is 1.48. The highest BCUT2D eigenvalue weighted by Crippen LogP contribution is 2.34. The molecular formula is C23H36OS. The predicted molar refractivity (Wildman–Crippen MR) is 111 cm³/mol. The Balaban J connectivity index is 1.34. The van der Waals surface area contributed by atoms with Crippen molar-refractivity contribution < 1.29 is 4.74 Å². The molecule has 0 atom stereocenters. The van der Waals surface area contributed by atoms with E-state index in [1.807, 2.05) is 0 Å². The molecule has 2 fully saturated rings. The van der Waals surface area contributed by atoms with Crippen LogP contribution in [0.5, 0.6) is 5.75 Å². The number of rotatable bonds is 8. The quantitative estimate of drug-likeness (QED) is 0.499. The molecule has 0 radical (unpaired) electrons. The topological polar surface area (TPSA) is 9.23 Å². The van der Waals surface area contributed by atoms with E-state index < -0.39 is 0 Å². The minimum absolute atomic E-state index is 0.467. The van der Waals surface area contributed by atoms with E-state index in [4.69, 9.17) is 4.74 Å². The molecule has 2 aliphatic rings. The Hall–Kier alpha value is -0.630. The second kappa shape index (κ2) is 9.90. The summed E-state index contributed by atoms with van der Waals surface area (Å²) in [6.45, 7) is 4.64. The van der Waals surface area contributed by atoms with E-state index in [2.05, 4.69) is 49.9 Å². The van der Waals surface area contributed by atoms with Gasteiger partial charge in [-0.15, -0.1) is 0 Å². The number of ether oxygens (including phenoxy) is 1. The standard InChI is InChI=1S/C23H36OS/c1-18(2)25-17-21-11-9-19(10-12-21)7-8-20-13-15-23(16-14-20)24-22-5-3-4-6-22/h13-16,18-19,21-22H,3-12,17H2,1-2H3. The van der Waals surface area contributed by atoms with Crippen molar-refractivity contribution in [2.45, 2.75) is 89.4 Å². The molecule has 0 amide bonds. The van der Waals surface area contributed by atoms with Crippen LogP contribution >= 0.6 is 11.8 Å². The third-order valence-electron chi connectivity index (χ3n) is 6.00. The Morgan fingerprint density at radius 2 is 1.56 bits per heavy atom. The van der Waals surface area contributed by atoms with E-state index in [1.54, 1.807) is 0 Å². The SMILES string of the molecule is CC(C)SCC1CCC(CCc2ccc(OC3CCCC3)cc2)CC1. The van der Waals surface area contributed by atoms with Crippen LogP contribution in [0.3, 0.4) is 0 Å². The molecule has 2 aliphatic carbocycles. The second-order valence-corrected chi connectivity index (χ2v) is 10.1. The Bertz CT molecular complexity index is 481. The molecule has 0 aromatic heterocycles. The Kier molecular flexibility index (Phi) is 7.58. The first-order valence-electron chi connectivity index (χ1n) is 10.6. The molecule has 0 aliphatic heterocycles. The van der Waals surface area contributed by atoms with Gasteiger partial charge in [0.25, 0.3) is 0 Å². The predicted octanol–water partition coefficient (Wildman–Crippen LogP) is 6.89. The molecule has 1 aromatic rings. The molecule has 140 valence electrons. The number of thioether (sulfide) groups is 1. The van der Waals surface area contributed by atoms with Gasteiger partial charge in [-0.05, 0) is 91.9 Å². The average Bonchev–Trinajstić information content (AvgIpc) is 3.13. The van der Waals surface area contributed by atoms with E-state index in [0.29, 0.717) is 6.10 Å². The summed E-state index contributed by atoms with van der Waals surface area (Å²) < 4.78 is 6.07. The van der Waals surface area contributed by atoms with Crippen molar-refractivity contribution in [2.75, 3.05) is 5.75 Å². The lowest BCUT2D eigenvalue weighted by Gasteiger charge is -2.28. The molecule has 0 unspecified atom stereocenters. The van der Waals surface area contributed by atoms with E-state index in [-0.39, 0.29) is 0 Å². The van der Waals surface area contributed by atoms with Crippen LogP contribution < -0.4 is 4.74 Å². The van der Waals surface area contributed by atoms with Crippen LogP contribution in [-0.2, 0) is 6.42 Å². The fraction of sp³-hybridized carbons (Fsp3) is 0.739. The molecule has 0 spiro atoms. The van der Waals surface area contributed by atoms with Gasteiger partial charge < -0.3 is 4.74 Å². The second-order valence-electron chi connectivity index (χ2n) is 8.48. The van der Waals surface area contributed by atoms with Gasteiger partial charge in [0, 0.05) is 0 Å². The molecule has 2 saturated carbocycles. The molecular weight excluding hydrogens is 324 g/mol. The smallest absolute Gasteiger partial charge is 0.119 e. The summed E-state index contributed by atoms with van der Waals surface area (Å²) in [6, 6.07) is 8.95. The molecule has 0 saturated heterocycles. The highest BCUT2D eigenvalue weighted by Gasteiger charge is 2.21. The van der Waals surface area contributed by atoms with Crippen LogP contribution in [0.2, 0.25) is 0 Å². The zero-order valence-corrected chi connectivity index (χ0v) is 17.0. The molecule has 1 aromatic carbocycles. The van der Waals surface area contributed by atoms with Crippen molar-refractivity contribution >= 4 is 11.8 Å². The van der Waals surface area contributed by atoms with Gasteiger partial charge in [-0.2, -0.15) is 11.8 Å². The first-order chi connectivity index (χ1) is 12.2. The van der Waals surface area contributed by atoms with Gasteiger partial charge in [-0.3, -0.25) is 0 Å². The van der Waals surface area contributed by atoms with Crippen LogP contribution in [0.15, 0.2) is 24.3 Å². The maximum absolute atomic E-state index is 6.07. The molecule has 25 heavy (non-hydrogen) atoms. The van der Waals surface area contributed by atoms with Gasteiger partial charge in [-0.1, -0.05) is 38.8 Å². The lowest BCUT2D eigenvalue weighted by atomic mass is 9.80. The van der Waals surface area contributed by atoms with Gasteiger partial charge >= 0.3 is 0 Å². The highest BCUT2D eigenvalue weighted by molar-refractivity contribution is 7.99. The molecule has 0 bridgehead atoms. The van der Waals surface area contributed by atoms with Crippen molar-refractivity contribution in [2.24, 2.45) is 11.8 Å². The summed E-state index contributed by atoms with van der Waals surface area (Å²) >= 11 is 2.15. The minimum atomic E-state index is 0.467. The number of benzene rings is 1. The third kappa shape index (κ3) is 6.55. The number of hydrogen-bond acceptors (Lipinski definition) is 2. The van der Waals surface area contributed by atoms with Gasteiger partial charge in [0.2, 0.25) is 0 Å². The van der Waals surface area contributed by atoms with Crippen LogP contribution in [0.1, 0.15) is 77.2 Å². The van der Waals surface area contributed by atoms with Crippen molar-refractivity contribution in [3.63, 3.8) is 0 Å². The van der Waals surface area contributed by atoms with Crippen LogP contribution in [-0.4, -0.2) is 17.1 Å². The first kappa shape index (κ1) is 19.1. The average molecular weight is 361 g/mol. The summed E-state index contributed by atoms with van der Waals surface area (Å²) in [6.07, 6.45) is 14.0. The van der Waals surface area contributed by atoms with Gasteiger partial charge in [0.15, 0.2) is 0 Å². The Morgan fingerprint density at radius 3 is 2.20 bits per heavy atom. The van der Waals surface area contributed by atoms with Crippen molar-refractivity contribution in [3.8, 4) is 5.75 Å². The fourth-order valence-electron chi connectivity index (χ4n) is 4.32. The zero-order valence-electron chi connectivity index (χ0n) is 16.2. The van der Waals surface area contributed by atoms with Crippen molar-refractivity contribution in [1.29, 1.82) is 0 Å². The number of aryl methyl sites for hydroxylation is 1. The first-order valence-corrected chi connectivity index (χ1v) is 11.6. The molecule has 0 heterocycles. The largest absolute Gasteiger partial charge is 0.490 e. The van der Waals surface area contributed by atoms with Gasteiger partial charge in [0.05, 0.1) is 6.10 Å². The van der Waals surface area contributed by atoms with Crippen LogP contribution in [0.4, 0.5) is 0 Å². The lowest BCUT2D eigenvalue weighted by molar-refractivity contribution is 0.210. The van der Waals surface area contributed by atoms with Gasteiger partial charge in [-0.25, -0.2) is 0 Å². The monoisotopic (exact) mass is 360 g/mol. The van der Waals surface area contributed by atoms with Crippen LogP contribution in [0, 0.1) is 11.8 Å². The molecule has 1 nitrogen and oxygen atoms in total. The normalized spacial score (nSPS) is 24.8. The molecule has 0 N–H and O–H groups in total. The van der Waals surface area contributed by atoms with Crippen molar-refractivity contribution in [1.82, 2.24) is 0 Å². The van der Waals surface area contributed by atoms with Gasteiger partial charge in [0.1, 0.15) is 5.75 Å². The van der Waals surface area contributed by atoms with E-state index in [0.717, 1.165) is 22.8 Å². The van der Waals surface area contributed by atoms with E-state index in [1.165, 1.54) is 75.5 Å². The fourth-order valence-corrected chi connectivity index (χ4v) is 5.31. The molecule has 3 rings (SSSR count). The van der Waals surface area contributed by atoms with Crippen LogP contribution in [0.25, 0.3) is 0 Å². The summed E-state index contributed by atoms with van der Waals surface area (Å²) in [5.74, 6) is 4.39. The minimum Gasteiger partial charge on any atom is -0.490 e. The highest BCUT2D eigenvalue weighted by atomic mass is 32.2.